The van der Waals surface area contributed by atoms with Crippen molar-refractivity contribution in [1.29, 1.82) is 0 Å². The predicted octanol–water partition coefficient (Wildman–Crippen LogP) is 5.39. The van der Waals surface area contributed by atoms with Crippen LogP contribution in [0.2, 0.25) is 5.02 Å². The highest BCUT2D eigenvalue weighted by Gasteiger charge is 2.16. The standard InChI is InChI=1S/C23H21ClN6/c1-14-5-10-17(11-19(14)24)30-21-18(12-26-30)22-27-20(28-29(22)13-25-21)15-6-8-16(9-7-15)23(2,3)4/h5-13H,1-4H3. The van der Waals surface area contributed by atoms with Gasteiger partial charge in [0.1, 0.15) is 6.33 Å². The quantitative estimate of drug-likeness (QED) is 0.387. The van der Waals surface area contributed by atoms with Crippen LogP contribution in [0.5, 0.6) is 0 Å². The fourth-order valence-electron chi connectivity index (χ4n) is 3.46. The van der Waals surface area contributed by atoms with Gasteiger partial charge in [-0.15, -0.1) is 5.10 Å². The van der Waals surface area contributed by atoms with Gasteiger partial charge in [0.15, 0.2) is 17.1 Å². The van der Waals surface area contributed by atoms with Gasteiger partial charge in [0.2, 0.25) is 0 Å². The third-order valence-corrected chi connectivity index (χ3v) is 5.72. The number of benzene rings is 2. The highest BCUT2D eigenvalue weighted by molar-refractivity contribution is 6.31. The highest BCUT2D eigenvalue weighted by Crippen LogP contribution is 2.27. The third kappa shape index (κ3) is 3.04. The van der Waals surface area contributed by atoms with Crippen LogP contribution in [-0.4, -0.2) is 29.4 Å². The topological polar surface area (TPSA) is 60.9 Å². The number of aryl methyl sites for hydroxylation is 1. The van der Waals surface area contributed by atoms with E-state index < -0.39 is 0 Å². The van der Waals surface area contributed by atoms with Crippen LogP contribution in [0.4, 0.5) is 0 Å². The van der Waals surface area contributed by atoms with E-state index in [2.05, 4.69) is 60.2 Å². The molecule has 2 aromatic carbocycles. The van der Waals surface area contributed by atoms with Crippen LogP contribution < -0.4 is 0 Å². The zero-order chi connectivity index (χ0) is 21.0. The summed E-state index contributed by atoms with van der Waals surface area (Å²) < 4.78 is 3.47. The summed E-state index contributed by atoms with van der Waals surface area (Å²) in [6, 6.07) is 14.2. The molecule has 5 rings (SSSR count). The minimum absolute atomic E-state index is 0.106. The molecule has 0 aliphatic carbocycles. The normalized spacial score (nSPS) is 12.2. The van der Waals surface area contributed by atoms with Crippen molar-refractivity contribution >= 4 is 28.3 Å². The summed E-state index contributed by atoms with van der Waals surface area (Å²) in [6.07, 6.45) is 3.44. The molecule has 7 heteroatoms. The van der Waals surface area contributed by atoms with Gasteiger partial charge in [-0.25, -0.2) is 19.2 Å². The van der Waals surface area contributed by atoms with E-state index in [1.165, 1.54) is 5.56 Å². The molecule has 0 saturated heterocycles. The molecule has 0 fully saturated rings. The van der Waals surface area contributed by atoms with Gasteiger partial charge in [0.25, 0.3) is 0 Å². The first-order valence-electron chi connectivity index (χ1n) is 9.78. The van der Waals surface area contributed by atoms with Gasteiger partial charge in [-0.3, -0.25) is 0 Å². The van der Waals surface area contributed by atoms with E-state index in [0.29, 0.717) is 16.5 Å². The lowest BCUT2D eigenvalue weighted by Crippen LogP contribution is -2.10. The van der Waals surface area contributed by atoms with Crippen LogP contribution in [0.15, 0.2) is 55.0 Å². The zero-order valence-electron chi connectivity index (χ0n) is 17.3. The maximum absolute atomic E-state index is 6.30. The zero-order valence-corrected chi connectivity index (χ0v) is 18.0. The molecule has 0 bridgehead atoms. The molecule has 0 atom stereocenters. The van der Waals surface area contributed by atoms with E-state index in [-0.39, 0.29) is 5.41 Å². The summed E-state index contributed by atoms with van der Waals surface area (Å²) in [5.41, 5.74) is 5.66. The molecule has 6 nitrogen and oxygen atoms in total. The average molecular weight is 417 g/mol. The molecule has 3 aromatic heterocycles. The first-order valence-corrected chi connectivity index (χ1v) is 10.2. The Morgan fingerprint density at radius 3 is 2.43 bits per heavy atom. The van der Waals surface area contributed by atoms with E-state index in [4.69, 9.17) is 16.6 Å². The van der Waals surface area contributed by atoms with Crippen LogP contribution in [-0.2, 0) is 5.41 Å². The summed E-state index contributed by atoms with van der Waals surface area (Å²) in [4.78, 5) is 9.34. The Morgan fingerprint density at radius 2 is 1.73 bits per heavy atom. The average Bonchev–Trinajstić information content (AvgIpc) is 3.33. The molecule has 0 radical (unpaired) electrons. The Balaban J connectivity index is 1.61. The van der Waals surface area contributed by atoms with E-state index >= 15 is 0 Å². The fourth-order valence-corrected chi connectivity index (χ4v) is 3.64. The minimum Gasteiger partial charge on any atom is -0.216 e. The molecular formula is C23H21ClN6. The van der Waals surface area contributed by atoms with Crippen LogP contribution in [0, 0.1) is 6.92 Å². The van der Waals surface area contributed by atoms with Crippen LogP contribution in [0.25, 0.3) is 33.8 Å². The maximum Gasteiger partial charge on any atom is 0.182 e. The maximum atomic E-state index is 6.30. The molecule has 0 N–H and O–H groups in total. The Hall–Kier alpha value is -3.25. The number of halogens is 1. The largest absolute Gasteiger partial charge is 0.216 e. The second-order valence-corrected chi connectivity index (χ2v) is 8.91. The summed E-state index contributed by atoms with van der Waals surface area (Å²) in [6.45, 7) is 8.58. The number of nitrogens with zero attached hydrogens (tertiary/aromatic N) is 6. The lowest BCUT2D eigenvalue weighted by atomic mass is 9.87. The molecule has 0 unspecified atom stereocenters. The van der Waals surface area contributed by atoms with Crippen molar-refractivity contribution in [1.82, 2.24) is 29.4 Å². The first-order chi connectivity index (χ1) is 14.3. The van der Waals surface area contributed by atoms with Crippen molar-refractivity contribution < 1.29 is 0 Å². The number of fused-ring (bicyclic) bond motifs is 3. The van der Waals surface area contributed by atoms with Gasteiger partial charge >= 0.3 is 0 Å². The minimum atomic E-state index is 0.106. The third-order valence-electron chi connectivity index (χ3n) is 5.31. The lowest BCUT2D eigenvalue weighted by Gasteiger charge is -2.18. The summed E-state index contributed by atoms with van der Waals surface area (Å²) >= 11 is 6.30. The SMILES string of the molecule is Cc1ccc(-n2ncc3c2ncn2nc(-c4ccc(C(C)(C)C)cc4)nc32)cc1Cl. The Bertz CT molecular complexity index is 1390. The van der Waals surface area contributed by atoms with Crippen LogP contribution in [0.3, 0.4) is 0 Å². The Labute approximate surface area is 179 Å². The molecule has 5 aromatic rings. The second-order valence-electron chi connectivity index (χ2n) is 8.50. The highest BCUT2D eigenvalue weighted by atomic mass is 35.5. The summed E-state index contributed by atoms with van der Waals surface area (Å²) in [7, 11) is 0. The van der Waals surface area contributed by atoms with Gasteiger partial charge in [0, 0.05) is 10.6 Å². The number of rotatable bonds is 2. The van der Waals surface area contributed by atoms with Crippen molar-refractivity contribution in [3.8, 4) is 17.1 Å². The molecule has 0 spiro atoms. The lowest BCUT2D eigenvalue weighted by molar-refractivity contribution is 0.590. The van der Waals surface area contributed by atoms with E-state index in [1.54, 1.807) is 21.7 Å². The number of hydrogen-bond acceptors (Lipinski definition) is 4. The fraction of sp³-hybridized carbons (Fsp3) is 0.217. The molecule has 3 heterocycles. The molecular weight excluding hydrogens is 396 g/mol. The van der Waals surface area contributed by atoms with Gasteiger partial charge in [-0.2, -0.15) is 5.10 Å². The van der Waals surface area contributed by atoms with Crippen LogP contribution >= 0.6 is 11.6 Å². The Kier molecular flexibility index (Phi) is 4.15. The number of aromatic nitrogens is 6. The van der Waals surface area contributed by atoms with Gasteiger partial charge < -0.3 is 0 Å². The summed E-state index contributed by atoms with van der Waals surface area (Å²) in [5, 5.41) is 10.7. The van der Waals surface area contributed by atoms with E-state index in [0.717, 1.165) is 27.8 Å². The Morgan fingerprint density at radius 1 is 0.967 bits per heavy atom. The molecule has 0 aliphatic rings. The molecule has 30 heavy (non-hydrogen) atoms. The van der Waals surface area contributed by atoms with Crippen molar-refractivity contribution in [2.45, 2.75) is 33.1 Å². The van der Waals surface area contributed by atoms with Crippen LogP contribution in [0.1, 0.15) is 31.9 Å². The molecule has 0 aliphatic heterocycles. The van der Waals surface area contributed by atoms with Gasteiger partial charge in [-0.1, -0.05) is 62.7 Å². The predicted molar refractivity (Wildman–Crippen MR) is 119 cm³/mol. The second kappa shape index (κ2) is 6.64. The monoisotopic (exact) mass is 416 g/mol. The smallest absolute Gasteiger partial charge is 0.182 e. The van der Waals surface area contributed by atoms with Gasteiger partial charge in [-0.05, 0) is 35.6 Å². The van der Waals surface area contributed by atoms with Crippen molar-refractivity contribution in [3.63, 3.8) is 0 Å². The first kappa shape index (κ1) is 18.8. The molecule has 0 amide bonds. The number of hydrogen-bond donors (Lipinski definition) is 0. The van der Waals surface area contributed by atoms with Crippen molar-refractivity contribution in [2.24, 2.45) is 0 Å². The van der Waals surface area contributed by atoms with E-state index in [1.807, 2.05) is 25.1 Å². The summed E-state index contributed by atoms with van der Waals surface area (Å²) in [5.74, 6) is 0.663. The van der Waals surface area contributed by atoms with Crippen molar-refractivity contribution in [2.75, 3.05) is 0 Å². The molecule has 0 saturated carbocycles. The van der Waals surface area contributed by atoms with Crippen molar-refractivity contribution in [3.05, 3.63) is 71.1 Å². The van der Waals surface area contributed by atoms with Gasteiger partial charge in [0.05, 0.1) is 17.3 Å². The molecule has 150 valence electrons. The van der Waals surface area contributed by atoms with E-state index in [9.17, 15) is 0 Å².